The van der Waals surface area contributed by atoms with Crippen LogP contribution in [0.5, 0.6) is 0 Å². The molecule has 0 atom stereocenters. The summed E-state index contributed by atoms with van der Waals surface area (Å²) in [5.74, 6) is -1.19. The van der Waals surface area contributed by atoms with E-state index in [1.165, 1.54) is 0 Å². The van der Waals surface area contributed by atoms with E-state index in [0.717, 1.165) is 6.92 Å². The van der Waals surface area contributed by atoms with Crippen molar-refractivity contribution in [2.24, 2.45) is 5.73 Å². The molecule has 0 aromatic heterocycles. The average Bonchev–Trinajstić information content (AvgIpc) is 1.58. The maximum absolute atomic E-state index is 9.71. The first-order valence-corrected chi connectivity index (χ1v) is 4.25. The predicted molar refractivity (Wildman–Crippen MR) is 38.8 cm³/mol. The molecule has 0 aliphatic rings. The lowest BCUT2D eigenvalue weighted by Crippen LogP contribution is -2.13. The molecule has 7 heteroatoms. The van der Waals surface area contributed by atoms with Crippen molar-refractivity contribution in [2.45, 2.75) is 6.92 Å². The Morgan fingerprint density at radius 3 is 1.82 bits per heavy atom. The highest BCUT2D eigenvalue weighted by atomic mass is 32.2. The van der Waals surface area contributed by atoms with E-state index in [1.54, 1.807) is 0 Å². The lowest BCUT2D eigenvalue weighted by molar-refractivity contribution is -0.134. The Kier molecular flexibility index (Phi) is 7.16. The van der Waals surface area contributed by atoms with Crippen molar-refractivity contribution >= 4 is 16.1 Å². The van der Waals surface area contributed by atoms with Crippen LogP contribution in [0, 0.1) is 0 Å². The van der Waals surface area contributed by atoms with E-state index < -0.39 is 16.1 Å². The zero-order valence-corrected chi connectivity index (χ0v) is 6.84. The highest BCUT2D eigenvalue weighted by Gasteiger charge is 1.98. The standard InChI is InChI=1S/C2H7NO3S.C2H4O2/c3-1-2-7(4,5)6;1-2(3)4/h1-3H2,(H,4,5,6);1H3,(H,3,4). The highest BCUT2D eigenvalue weighted by Crippen LogP contribution is 1.74. The molecule has 0 aliphatic heterocycles. The lowest BCUT2D eigenvalue weighted by atomic mass is 10.8. The smallest absolute Gasteiger partial charge is 0.300 e. The lowest BCUT2D eigenvalue weighted by Gasteiger charge is -1.86. The number of nitrogens with two attached hydrogens (primary N) is 1. The van der Waals surface area contributed by atoms with Crippen molar-refractivity contribution < 1.29 is 22.9 Å². The van der Waals surface area contributed by atoms with Gasteiger partial charge in [-0.2, -0.15) is 8.42 Å². The van der Waals surface area contributed by atoms with Crippen molar-refractivity contribution in [3.63, 3.8) is 0 Å². The van der Waals surface area contributed by atoms with E-state index >= 15 is 0 Å². The minimum atomic E-state index is -3.80. The third kappa shape index (κ3) is 45.1. The summed E-state index contributed by atoms with van der Waals surface area (Å²) in [7, 11) is -3.80. The number of aliphatic carboxylic acids is 1. The Balaban J connectivity index is 0. The molecule has 0 fully saturated rings. The van der Waals surface area contributed by atoms with Gasteiger partial charge in [0, 0.05) is 13.5 Å². The zero-order valence-electron chi connectivity index (χ0n) is 6.02. The minimum absolute atomic E-state index is 0.0289. The van der Waals surface area contributed by atoms with Gasteiger partial charge in [0.15, 0.2) is 0 Å². The first-order chi connectivity index (χ1) is 4.79. The Labute approximate surface area is 64.8 Å². The Morgan fingerprint density at radius 1 is 1.55 bits per heavy atom. The molecular formula is C4H11NO5S. The van der Waals surface area contributed by atoms with Crippen LogP contribution in [0.2, 0.25) is 0 Å². The fourth-order valence-corrected chi connectivity index (χ4v) is 0.447. The number of carboxylic acids is 1. The van der Waals surface area contributed by atoms with Gasteiger partial charge < -0.3 is 10.8 Å². The van der Waals surface area contributed by atoms with E-state index in [1.807, 2.05) is 0 Å². The van der Waals surface area contributed by atoms with Crippen LogP contribution >= 0.6 is 0 Å². The van der Waals surface area contributed by atoms with Gasteiger partial charge in [-0.05, 0) is 0 Å². The van der Waals surface area contributed by atoms with E-state index in [-0.39, 0.29) is 12.3 Å². The molecule has 0 rings (SSSR count). The molecule has 11 heavy (non-hydrogen) atoms. The van der Waals surface area contributed by atoms with Crippen molar-refractivity contribution in [3.05, 3.63) is 0 Å². The molecule has 0 aliphatic carbocycles. The van der Waals surface area contributed by atoms with Crippen molar-refractivity contribution in [3.8, 4) is 0 Å². The van der Waals surface area contributed by atoms with Gasteiger partial charge >= 0.3 is 0 Å². The minimum Gasteiger partial charge on any atom is -0.481 e. The molecule has 0 aromatic rings. The molecule has 0 spiro atoms. The fourth-order valence-electron chi connectivity index (χ4n) is 0.149. The van der Waals surface area contributed by atoms with Gasteiger partial charge in [-0.25, -0.2) is 0 Å². The third-order valence-electron chi connectivity index (χ3n) is 0.376. The summed E-state index contributed by atoms with van der Waals surface area (Å²) < 4.78 is 27.3. The number of rotatable bonds is 2. The summed E-state index contributed by atoms with van der Waals surface area (Å²) in [5, 5.41) is 7.42. The number of carbonyl (C=O) groups is 1. The molecule has 0 bridgehead atoms. The van der Waals surface area contributed by atoms with Gasteiger partial charge in [-0.15, -0.1) is 0 Å². The monoisotopic (exact) mass is 185 g/mol. The van der Waals surface area contributed by atoms with Gasteiger partial charge in [-0.3, -0.25) is 9.35 Å². The summed E-state index contributed by atoms with van der Waals surface area (Å²) in [4.78, 5) is 9.00. The van der Waals surface area contributed by atoms with Gasteiger partial charge in [-0.1, -0.05) is 0 Å². The molecule has 6 nitrogen and oxygen atoms in total. The normalized spacial score (nSPS) is 9.73. The van der Waals surface area contributed by atoms with Crippen LogP contribution < -0.4 is 5.73 Å². The second kappa shape index (κ2) is 6.08. The second-order valence-corrected chi connectivity index (χ2v) is 3.17. The molecule has 4 N–H and O–H groups in total. The number of hydrogen-bond donors (Lipinski definition) is 3. The first kappa shape index (κ1) is 13.0. The van der Waals surface area contributed by atoms with E-state index in [0.29, 0.717) is 0 Å². The van der Waals surface area contributed by atoms with Gasteiger partial charge in [0.1, 0.15) is 0 Å². The predicted octanol–water partition coefficient (Wildman–Crippen LogP) is -1.08. The summed E-state index contributed by atoms with van der Waals surface area (Å²) in [6, 6.07) is 0. The summed E-state index contributed by atoms with van der Waals surface area (Å²) in [6.07, 6.45) is 0. The summed E-state index contributed by atoms with van der Waals surface area (Å²) in [6.45, 7) is 1.05. The van der Waals surface area contributed by atoms with E-state index in [2.05, 4.69) is 0 Å². The van der Waals surface area contributed by atoms with Crippen LogP contribution in [-0.2, 0) is 14.9 Å². The van der Waals surface area contributed by atoms with Gasteiger partial charge in [0.2, 0.25) is 0 Å². The topological polar surface area (TPSA) is 118 Å². The quantitative estimate of drug-likeness (QED) is 0.471. The van der Waals surface area contributed by atoms with Crippen LogP contribution in [0.3, 0.4) is 0 Å². The molecule has 0 unspecified atom stereocenters. The number of hydrogen-bond acceptors (Lipinski definition) is 4. The SMILES string of the molecule is CC(=O)O.NCCS(=O)(=O)O. The van der Waals surface area contributed by atoms with Crippen molar-refractivity contribution in [1.29, 1.82) is 0 Å². The molecule has 0 aromatic carbocycles. The van der Waals surface area contributed by atoms with Gasteiger partial charge in [0.25, 0.3) is 16.1 Å². The maximum Gasteiger partial charge on any atom is 0.300 e. The molecule has 0 saturated carbocycles. The van der Waals surface area contributed by atoms with E-state index in [4.69, 9.17) is 20.2 Å². The Morgan fingerprint density at radius 2 is 1.82 bits per heavy atom. The molecule has 0 saturated heterocycles. The van der Waals surface area contributed by atoms with Crippen molar-refractivity contribution in [2.75, 3.05) is 12.3 Å². The van der Waals surface area contributed by atoms with Crippen LogP contribution in [0.1, 0.15) is 6.92 Å². The zero-order chi connectivity index (χ0) is 9.49. The van der Waals surface area contributed by atoms with Gasteiger partial charge in [0.05, 0.1) is 5.75 Å². The molecule has 0 radical (unpaired) electrons. The molecule has 0 amide bonds. The van der Waals surface area contributed by atoms with Crippen LogP contribution in [-0.4, -0.2) is 36.3 Å². The van der Waals surface area contributed by atoms with Crippen molar-refractivity contribution in [1.82, 2.24) is 0 Å². The average molecular weight is 185 g/mol. The van der Waals surface area contributed by atoms with Crippen LogP contribution in [0.15, 0.2) is 0 Å². The molecule has 0 heterocycles. The summed E-state index contributed by atoms with van der Waals surface area (Å²) in [5.41, 5.74) is 4.78. The molecular weight excluding hydrogens is 174 g/mol. The first-order valence-electron chi connectivity index (χ1n) is 2.64. The fraction of sp³-hybridized carbons (Fsp3) is 0.750. The second-order valence-electron chi connectivity index (χ2n) is 1.59. The maximum atomic E-state index is 9.71. The Bertz CT molecular complexity index is 193. The van der Waals surface area contributed by atoms with Crippen LogP contribution in [0.4, 0.5) is 0 Å². The highest BCUT2D eigenvalue weighted by molar-refractivity contribution is 7.85. The third-order valence-corrected chi connectivity index (χ3v) is 1.13. The van der Waals surface area contributed by atoms with Crippen LogP contribution in [0.25, 0.3) is 0 Å². The molecule has 68 valence electrons. The largest absolute Gasteiger partial charge is 0.481 e. The van der Waals surface area contributed by atoms with E-state index in [9.17, 15) is 8.42 Å². The number of carboxylic acid groups (broad SMARTS) is 1. The Hall–Kier alpha value is -0.660. The summed E-state index contributed by atoms with van der Waals surface area (Å²) >= 11 is 0.